The molecule has 0 aliphatic carbocycles. The first-order valence-corrected chi connectivity index (χ1v) is 5.16. The summed E-state index contributed by atoms with van der Waals surface area (Å²) in [4.78, 5) is 2.05. The molecule has 1 atom stereocenters. The molecule has 0 saturated carbocycles. The van der Waals surface area contributed by atoms with Gasteiger partial charge < -0.3 is 15.4 Å². The molecule has 0 fully saturated rings. The van der Waals surface area contributed by atoms with Crippen molar-refractivity contribution in [2.45, 2.75) is 20.0 Å². The average molecular weight is 204 g/mol. The molecule has 0 saturated heterocycles. The molecular formula is C12H16N2O. The third-order valence-corrected chi connectivity index (χ3v) is 2.71. The summed E-state index contributed by atoms with van der Waals surface area (Å²) < 4.78 is 5.65. The van der Waals surface area contributed by atoms with E-state index in [9.17, 15) is 0 Å². The van der Waals surface area contributed by atoms with Crippen LogP contribution < -0.4 is 10.6 Å². The van der Waals surface area contributed by atoms with Crippen LogP contribution in [0.5, 0.6) is 0 Å². The zero-order valence-electron chi connectivity index (χ0n) is 9.16. The number of nitrogens with zero attached hydrogens (tertiary/aromatic N) is 1. The summed E-state index contributed by atoms with van der Waals surface area (Å²) in [5, 5.41) is 0. The Morgan fingerprint density at radius 3 is 2.93 bits per heavy atom. The lowest BCUT2D eigenvalue weighted by atomic mass is 10.0. The van der Waals surface area contributed by atoms with E-state index < -0.39 is 0 Å². The molecule has 2 N–H and O–H groups in total. The Kier molecular flexibility index (Phi) is 2.31. The van der Waals surface area contributed by atoms with Gasteiger partial charge in [0.1, 0.15) is 6.10 Å². The van der Waals surface area contributed by atoms with Crippen LogP contribution >= 0.6 is 0 Å². The van der Waals surface area contributed by atoms with Gasteiger partial charge in [0.15, 0.2) is 5.88 Å². The largest absolute Gasteiger partial charge is 0.471 e. The summed E-state index contributed by atoms with van der Waals surface area (Å²) in [5.41, 5.74) is 8.82. The second kappa shape index (κ2) is 3.50. The molecule has 1 aromatic rings. The number of nitrogens with two attached hydrogens (primary N) is 1. The Hall–Kier alpha value is -1.64. The highest BCUT2D eigenvalue weighted by Crippen LogP contribution is 2.38. The highest BCUT2D eigenvalue weighted by Gasteiger charge is 2.25. The lowest BCUT2D eigenvalue weighted by Gasteiger charge is -2.35. The maximum atomic E-state index is 5.77. The van der Waals surface area contributed by atoms with Crippen LogP contribution in [-0.2, 0) is 4.74 Å². The lowest BCUT2D eigenvalue weighted by molar-refractivity contribution is 0.119. The van der Waals surface area contributed by atoms with Crippen molar-refractivity contribution >= 4 is 11.4 Å². The molecule has 0 spiro atoms. The number of anilines is 2. The summed E-state index contributed by atoms with van der Waals surface area (Å²) in [6, 6.07) is 5.90. The van der Waals surface area contributed by atoms with Crippen LogP contribution in [0, 0.1) is 0 Å². The maximum Gasteiger partial charge on any atom is 0.187 e. The van der Waals surface area contributed by atoms with Crippen LogP contribution in [0.15, 0.2) is 30.7 Å². The van der Waals surface area contributed by atoms with Gasteiger partial charge in [0, 0.05) is 17.8 Å². The minimum absolute atomic E-state index is 0.0267. The zero-order valence-corrected chi connectivity index (χ0v) is 9.16. The molecule has 0 amide bonds. The smallest absolute Gasteiger partial charge is 0.187 e. The summed E-state index contributed by atoms with van der Waals surface area (Å²) in [7, 11) is 0. The van der Waals surface area contributed by atoms with Crippen LogP contribution in [0.4, 0.5) is 11.4 Å². The van der Waals surface area contributed by atoms with Gasteiger partial charge in [-0.1, -0.05) is 0 Å². The summed E-state index contributed by atoms with van der Waals surface area (Å²) in [6.45, 7) is 8.84. The second-order valence-corrected chi connectivity index (χ2v) is 3.72. The highest BCUT2D eigenvalue weighted by molar-refractivity contribution is 5.64. The van der Waals surface area contributed by atoms with Crippen molar-refractivity contribution in [3.63, 3.8) is 0 Å². The van der Waals surface area contributed by atoms with E-state index in [0.29, 0.717) is 5.88 Å². The normalized spacial score (nSPS) is 19.7. The fourth-order valence-electron chi connectivity index (χ4n) is 1.96. The van der Waals surface area contributed by atoms with Gasteiger partial charge in [0.2, 0.25) is 0 Å². The van der Waals surface area contributed by atoms with E-state index in [-0.39, 0.29) is 6.10 Å². The Morgan fingerprint density at radius 2 is 2.27 bits per heavy atom. The van der Waals surface area contributed by atoms with Gasteiger partial charge in [0.05, 0.1) is 5.69 Å². The van der Waals surface area contributed by atoms with Crippen LogP contribution in [-0.4, -0.2) is 6.54 Å². The second-order valence-electron chi connectivity index (χ2n) is 3.72. The van der Waals surface area contributed by atoms with E-state index in [4.69, 9.17) is 10.5 Å². The molecular weight excluding hydrogens is 188 g/mol. The van der Waals surface area contributed by atoms with E-state index in [1.165, 1.54) is 0 Å². The van der Waals surface area contributed by atoms with E-state index in [1.807, 2.05) is 25.1 Å². The molecule has 0 bridgehead atoms. The molecule has 3 heteroatoms. The van der Waals surface area contributed by atoms with Crippen molar-refractivity contribution in [3.8, 4) is 0 Å². The van der Waals surface area contributed by atoms with Gasteiger partial charge in [-0.25, -0.2) is 0 Å². The quantitative estimate of drug-likeness (QED) is 0.715. The summed E-state index contributed by atoms with van der Waals surface area (Å²) in [5.74, 6) is 0.710. The van der Waals surface area contributed by atoms with Gasteiger partial charge in [0.25, 0.3) is 0 Å². The number of nitrogen functional groups attached to an aromatic ring is 1. The molecule has 0 radical (unpaired) electrons. The Labute approximate surface area is 90.1 Å². The van der Waals surface area contributed by atoms with Gasteiger partial charge in [-0.05, 0) is 38.6 Å². The van der Waals surface area contributed by atoms with Gasteiger partial charge >= 0.3 is 0 Å². The first-order chi connectivity index (χ1) is 7.13. The molecule has 1 unspecified atom stereocenters. The van der Waals surface area contributed by atoms with Crippen LogP contribution in [0.1, 0.15) is 25.5 Å². The summed E-state index contributed by atoms with van der Waals surface area (Å²) in [6.07, 6.45) is 0.0267. The van der Waals surface area contributed by atoms with E-state index in [2.05, 4.69) is 18.4 Å². The molecule has 15 heavy (non-hydrogen) atoms. The average Bonchev–Trinajstić information content (AvgIpc) is 2.19. The molecule has 2 rings (SSSR count). The predicted octanol–water partition coefficient (Wildman–Crippen LogP) is 2.66. The third kappa shape index (κ3) is 1.54. The Balaban J connectivity index is 2.53. The molecule has 1 aliphatic rings. The fourth-order valence-corrected chi connectivity index (χ4v) is 1.96. The number of hydrogen-bond donors (Lipinski definition) is 1. The number of hydrogen-bond acceptors (Lipinski definition) is 3. The van der Waals surface area contributed by atoms with Crippen LogP contribution in [0.3, 0.4) is 0 Å². The van der Waals surface area contributed by atoms with Gasteiger partial charge in [-0.15, -0.1) is 0 Å². The monoisotopic (exact) mass is 204 g/mol. The minimum atomic E-state index is 0.0267. The molecule has 80 valence electrons. The molecule has 3 nitrogen and oxygen atoms in total. The topological polar surface area (TPSA) is 38.5 Å². The predicted molar refractivity (Wildman–Crippen MR) is 62.5 cm³/mol. The van der Waals surface area contributed by atoms with Crippen molar-refractivity contribution in [1.29, 1.82) is 0 Å². The van der Waals surface area contributed by atoms with Gasteiger partial charge in [-0.2, -0.15) is 0 Å². The van der Waals surface area contributed by atoms with E-state index in [0.717, 1.165) is 23.5 Å². The Morgan fingerprint density at radius 1 is 1.53 bits per heavy atom. The zero-order chi connectivity index (χ0) is 11.0. The fraction of sp³-hybridized carbons (Fsp3) is 0.333. The molecule has 1 aromatic carbocycles. The van der Waals surface area contributed by atoms with Crippen molar-refractivity contribution in [1.82, 2.24) is 0 Å². The number of ether oxygens (including phenoxy) is 1. The lowest BCUT2D eigenvalue weighted by Crippen LogP contribution is -2.29. The number of rotatable bonds is 1. The van der Waals surface area contributed by atoms with Crippen molar-refractivity contribution in [2.75, 3.05) is 17.2 Å². The Bertz CT molecular complexity index is 401. The van der Waals surface area contributed by atoms with Crippen molar-refractivity contribution in [2.24, 2.45) is 0 Å². The number of benzene rings is 1. The molecule has 1 aliphatic heterocycles. The van der Waals surface area contributed by atoms with Crippen molar-refractivity contribution < 1.29 is 4.74 Å². The SMILES string of the molecule is C=C1OC(C)c2cc(N)ccc2N1CC. The third-order valence-electron chi connectivity index (χ3n) is 2.71. The van der Waals surface area contributed by atoms with Crippen molar-refractivity contribution in [3.05, 3.63) is 36.2 Å². The minimum Gasteiger partial charge on any atom is -0.471 e. The maximum absolute atomic E-state index is 5.77. The van der Waals surface area contributed by atoms with Crippen LogP contribution in [0.25, 0.3) is 0 Å². The molecule has 1 heterocycles. The van der Waals surface area contributed by atoms with Gasteiger partial charge in [-0.3, -0.25) is 0 Å². The first kappa shape index (κ1) is 9.90. The van der Waals surface area contributed by atoms with E-state index >= 15 is 0 Å². The highest BCUT2D eigenvalue weighted by atomic mass is 16.5. The van der Waals surface area contributed by atoms with Crippen LogP contribution in [0.2, 0.25) is 0 Å². The number of fused-ring (bicyclic) bond motifs is 1. The first-order valence-electron chi connectivity index (χ1n) is 5.16. The standard InChI is InChI=1S/C12H16N2O/c1-4-14-9(3)15-8(2)11-7-10(13)5-6-12(11)14/h5-8H,3-4,13H2,1-2H3. The van der Waals surface area contributed by atoms with E-state index in [1.54, 1.807) is 0 Å². The summed E-state index contributed by atoms with van der Waals surface area (Å²) >= 11 is 0. The molecule has 0 aromatic heterocycles.